The molecule has 4 aromatic rings. The number of rotatable bonds is 4. The number of hydrogen-bond donors (Lipinski definition) is 1. The highest BCUT2D eigenvalue weighted by Crippen LogP contribution is 2.27. The molecule has 0 radical (unpaired) electrons. The molecule has 4 rings (SSSR count). The van der Waals surface area contributed by atoms with Crippen molar-refractivity contribution in [2.45, 2.75) is 13.5 Å². The number of aryl methyl sites for hydroxylation is 1. The number of amides is 1. The second-order valence-electron chi connectivity index (χ2n) is 5.91. The Hall–Kier alpha value is -3.39. The summed E-state index contributed by atoms with van der Waals surface area (Å²) < 4.78 is 6.19. The minimum absolute atomic E-state index is 0.106. The zero-order valence-electron chi connectivity index (χ0n) is 14.4. The van der Waals surface area contributed by atoms with Crippen LogP contribution in [0.1, 0.15) is 5.82 Å². The third kappa shape index (κ3) is 3.34. The largest absolute Gasteiger partial charge is 0.325 e. The lowest BCUT2D eigenvalue weighted by Gasteiger charge is -2.10. The predicted octanol–water partition coefficient (Wildman–Crippen LogP) is 2.86. The first kappa shape index (κ1) is 17.0. The summed E-state index contributed by atoms with van der Waals surface area (Å²) in [4.78, 5) is 33.8. The standard InChI is InChI=1S/C19H15N5O2S/c1-12-21-17-16(13-7-9-20-10-8-13)23-27-18(17)19(26)24(12)11-15(25)22-14-5-3-2-4-6-14/h2-10H,11H2,1H3,(H,22,25). The molecule has 7 nitrogen and oxygen atoms in total. The summed E-state index contributed by atoms with van der Waals surface area (Å²) in [5.41, 5.74) is 2.47. The fourth-order valence-corrected chi connectivity index (χ4v) is 3.56. The highest BCUT2D eigenvalue weighted by atomic mass is 32.1. The van der Waals surface area contributed by atoms with Gasteiger partial charge in [0.05, 0.1) is 0 Å². The van der Waals surface area contributed by atoms with E-state index in [9.17, 15) is 9.59 Å². The zero-order chi connectivity index (χ0) is 18.8. The molecule has 1 N–H and O–H groups in total. The first-order valence-electron chi connectivity index (χ1n) is 8.25. The minimum Gasteiger partial charge on any atom is -0.325 e. The Morgan fingerprint density at radius 2 is 1.89 bits per heavy atom. The molecule has 0 atom stereocenters. The molecule has 3 aromatic heterocycles. The van der Waals surface area contributed by atoms with Gasteiger partial charge in [-0.05, 0) is 42.7 Å². The number of carbonyl (C=O) groups excluding carboxylic acids is 1. The van der Waals surface area contributed by atoms with Crippen LogP contribution in [-0.2, 0) is 11.3 Å². The van der Waals surface area contributed by atoms with E-state index in [0.717, 1.165) is 17.1 Å². The van der Waals surface area contributed by atoms with Gasteiger partial charge in [0.15, 0.2) is 0 Å². The summed E-state index contributed by atoms with van der Waals surface area (Å²) in [5.74, 6) is 0.178. The number of pyridine rings is 1. The molecule has 0 saturated heterocycles. The summed E-state index contributed by atoms with van der Waals surface area (Å²) in [6.45, 7) is 1.61. The second-order valence-corrected chi connectivity index (χ2v) is 6.68. The molecule has 3 heterocycles. The summed E-state index contributed by atoms with van der Waals surface area (Å²) in [6.07, 6.45) is 3.34. The van der Waals surface area contributed by atoms with Crippen molar-refractivity contribution in [3.05, 3.63) is 71.0 Å². The van der Waals surface area contributed by atoms with Crippen molar-refractivity contribution in [3.8, 4) is 11.3 Å². The Morgan fingerprint density at radius 3 is 2.63 bits per heavy atom. The van der Waals surface area contributed by atoms with Gasteiger partial charge < -0.3 is 5.32 Å². The molecule has 0 saturated carbocycles. The third-order valence-electron chi connectivity index (χ3n) is 4.08. The van der Waals surface area contributed by atoms with Crippen molar-refractivity contribution in [3.63, 3.8) is 0 Å². The Balaban J connectivity index is 1.69. The fourth-order valence-electron chi connectivity index (χ4n) is 2.77. The van der Waals surface area contributed by atoms with Crippen LogP contribution in [0.4, 0.5) is 5.69 Å². The summed E-state index contributed by atoms with van der Waals surface area (Å²) >= 11 is 1.09. The van der Waals surface area contributed by atoms with E-state index in [1.165, 1.54) is 4.57 Å². The number of nitrogens with zero attached hydrogens (tertiary/aromatic N) is 4. The number of hydrogen-bond acceptors (Lipinski definition) is 6. The van der Waals surface area contributed by atoms with Crippen LogP contribution in [0.2, 0.25) is 0 Å². The van der Waals surface area contributed by atoms with Crippen LogP contribution in [-0.4, -0.2) is 24.8 Å². The van der Waals surface area contributed by atoms with Crippen LogP contribution in [0, 0.1) is 6.92 Å². The first-order valence-corrected chi connectivity index (χ1v) is 9.03. The van der Waals surface area contributed by atoms with Gasteiger partial charge in [0.1, 0.15) is 28.3 Å². The average Bonchev–Trinajstić information content (AvgIpc) is 3.10. The Bertz CT molecular complexity index is 1170. The van der Waals surface area contributed by atoms with Crippen molar-refractivity contribution >= 4 is 33.3 Å². The van der Waals surface area contributed by atoms with Crippen molar-refractivity contribution in [1.82, 2.24) is 18.9 Å². The lowest BCUT2D eigenvalue weighted by atomic mass is 10.2. The summed E-state index contributed by atoms with van der Waals surface area (Å²) in [7, 11) is 0. The molecule has 0 fully saturated rings. The Kier molecular flexibility index (Phi) is 4.47. The molecule has 8 heteroatoms. The molecular weight excluding hydrogens is 362 g/mol. The van der Waals surface area contributed by atoms with Gasteiger partial charge in [0.2, 0.25) is 5.91 Å². The van der Waals surface area contributed by atoms with Crippen molar-refractivity contribution in [2.75, 3.05) is 5.32 Å². The SMILES string of the molecule is Cc1nc2c(-c3ccncc3)nsc2c(=O)n1CC(=O)Nc1ccccc1. The second kappa shape index (κ2) is 7.08. The molecule has 1 aromatic carbocycles. The number of para-hydroxylation sites is 1. The Morgan fingerprint density at radius 1 is 1.15 bits per heavy atom. The molecule has 27 heavy (non-hydrogen) atoms. The van der Waals surface area contributed by atoms with Crippen LogP contribution in [0.15, 0.2) is 59.7 Å². The van der Waals surface area contributed by atoms with Crippen molar-refractivity contribution in [2.24, 2.45) is 0 Å². The van der Waals surface area contributed by atoms with Crippen LogP contribution >= 0.6 is 11.5 Å². The predicted molar refractivity (Wildman–Crippen MR) is 105 cm³/mol. The number of fused-ring (bicyclic) bond motifs is 1. The molecule has 134 valence electrons. The average molecular weight is 377 g/mol. The van der Waals surface area contributed by atoms with E-state index in [0.29, 0.717) is 27.4 Å². The van der Waals surface area contributed by atoms with Gasteiger partial charge in [-0.3, -0.25) is 19.1 Å². The van der Waals surface area contributed by atoms with Gasteiger partial charge in [-0.1, -0.05) is 18.2 Å². The van der Waals surface area contributed by atoms with E-state index >= 15 is 0 Å². The van der Waals surface area contributed by atoms with Gasteiger partial charge in [0, 0.05) is 23.6 Å². The smallest absolute Gasteiger partial charge is 0.273 e. The van der Waals surface area contributed by atoms with E-state index in [2.05, 4.69) is 19.7 Å². The zero-order valence-corrected chi connectivity index (χ0v) is 15.2. The fraction of sp³-hybridized carbons (Fsp3) is 0.105. The molecular formula is C19H15N5O2S. The number of aromatic nitrogens is 4. The molecule has 0 spiro atoms. The van der Waals surface area contributed by atoms with E-state index in [-0.39, 0.29) is 18.0 Å². The van der Waals surface area contributed by atoms with Crippen LogP contribution in [0.25, 0.3) is 21.5 Å². The number of benzene rings is 1. The van der Waals surface area contributed by atoms with Crippen LogP contribution < -0.4 is 10.9 Å². The van der Waals surface area contributed by atoms with Crippen molar-refractivity contribution < 1.29 is 4.79 Å². The maximum Gasteiger partial charge on any atom is 0.273 e. The quantitative estimate of drug-likeness (QED) is 0.591. The number of anilines is 1. The summed E-state index contributed by atoms with van der Waals surface area (Å²) in [6, 6.07) is 12.8. The van der Waals surface area contributed by atoms with E-state index in [4.69, 9.17) is 0 Å². The van der Waals surface area contributed by atoms with E-state index < -0.39 is 0 Å². The minimum atomic E-state index is -0.286. The highest BCUT2D eigenvalue weighted by molar-refractivity contribution is 7.13. The summed E-state index contributed by atoms with van der Waals surface area (Å²) in [5, 5.41) is 2.78. The first-order chi connectivity index (χ1) is 13.1. The molecule has 0 bridgehead atoms. The molecule has 1 amide bonds. The van der Waals surface area contributed by atoms with Gasteiger partial charge >= 0.3 is 0 Å². The lowest BCUT2D eigenvalue weighted by Crippen LogP contribution is -2.29. The maximum absolute atomic E-state index is 12.9. The monoisotopic (exact) mass is 377 g/mol. The number of nitrogens with one attached hydrogen (secondary N) is 1. The third-order valence-corrected chi connectivity index (χ3v) is 4.91. The Labute approximate surface area is 158 Å². The number of carbonyl (C=O) groups is 1. The molecule has 0 aliphatic carbocycles. The maximum atomic E-state index is 12.9. The topological polar surface area (TPSA) is 89.8 Å². The van der Waals surface area contributed by atoms with Gasteiger partial charge in [-0.15, -0.1) is 0 Å². The van der Waals surface area contributed by atoms with Crippen LogP contribution in [0.3, 0.4) is 0 Å². The highest BCUT2D eigenvalue weighted by Gasteiger charge is 2.17. The molecule has 0 aliphatic rings. The van der Waals surface area contributed by atoms with Gasteiger partial charge in [-0.2, -0.15) is 4.37 Å². The van der Waals surface area contributed by atoms with Gasteiger partial charge in [0.25, 0.3) is 5.56 Å². The van der Waals surface area contributed by atoms with Crippen LogP contribution in [0.5, 0.6) is 0 Å². The normalized spacial score (nSPS) is 10.9. The van der Waals surface area contributed by atoms with Crippen molar-refractivity contribution in [1.29, 1.82) is 0 Å². The molecule has 0 unspecified atom stereocenters. The van der Waals surface area contributed by atoms with Gasteiger partial charge in [-0.25, -0.2) is 4.98 Å². The van der Waals surface area contributed by atoms with E-state index in [1.807, 2.05) is 30.3 Å². The van der Waals surface area contributed by atoms with E-state index in [1.54, 1.807) is 31.5 Å². The lowest BCUT2D eigenvalue weighted by molar-refractivity contribution is -0.116. The molecule has 0 aliphatic heterocycles.